The molecule has 4 atom stereocenters. The third-order valence-corrected chi connectivity index (χ3v) is 5.68. The van der Waals surface area contributed by atoms with Gasteiger partial charge >= 0.3 is 23.9 Å². The van der Waals surface area contributed by atoms with Crippen LogP contribution in [0.25, 0.3) is 0 Å². The molecule has 3 unspecified atom stereocenters. The molecule has 0 amide bonds. The Labute approximate surface area is 213 Å². The Morgan fingerprint density at radius 3 is 1.92 bits per heavy atom. The summed E-state index contributed by atoms with van der Waals surface area (Å²) in [6.07, 6.45) is 1.04. The quantitative estimate of drug-likeness (QED) is 0.289. The molecule has 0 spiro atoms. The van der Waals surface area contributed by atoms with Crippen LogP contribution in [-0.4, -0.2) is 41.1 Å². The molecule has 0 aromatic heterocycles. The first-order valence-electron chi connectivity index (χ1n) is 12.4. The number of esters is 3. The number of rotatable bonds is 13. The maximum absolute atomic E-state index is 12.4. The Bertz CT molecular complexity index is 921. The van der Waals surface area contributed by atoms with Crippen molar-refractivity contribution in [2.45, 2.75) is 98.6 Å². The molecule has 36 heavy (non-hydrogen) atoms. The van der Waals surface area contributed by atoms with E-state index in [0.717, 1.165) is 0 Å². The van der Waals surface area contributed by atoms with E-state index in [2.05, 4.69) is 0 Å². The van der Waals surface area contributed by atoms with E-state index in [-0.39, 0.29) is 36.2 Å². The summed E-state index contributed by atoms with van der Waals surface area (Å²) in [5, 5.41) is 9.71. The Balaban J connectivity index is 3.39. The molecule has 0 aliphatic carbocycles. The number of hydrogen-bond donors (Lipinski definition) is 2. The molecule has 1 aromatic carbocycles. The number of ether oxygens (including phenoxy) is 3. The van der Waals surface area contributed by atoms with E-state index in [1.165, 1.54) is 12.1 Å². The smallest absolute Gasteiger partial charge is 0.321 e. The summed E-state index contributed by atoms with van der Waals surface area (Å²) in [7, 11) is 0. The van der Waals surface area contributed by atoms with Gasteiger partial charge in [-0.15, -0.1) is 0 Å². The zero-order valence-corrected chi connectivity index (χ0v) is 22.5. The molecule has 202 valence electrons. The minimum atomic E-state index is -1.34. The molecule has 0 aliphatic heterocycles. The van der Waals surface area contributed by atoms with Crippen LogP contribution in [0.3, 0.4) is 0 Å². The predicted octanol–water partition coefficient (Wildman–Crippen LogP) is 4.60. The van der Waals surface area contributed by atoms with Crippen molar-refractivity contribution in [2.75, 3.05) is 0 Å². The molecular formula is C27H41NO8. The van der Waals surface area contributed by atoms with Crippen molar-refractivity contribution in [3.05, 3.63) is 23.8 Å². The van der Waals surface area contributed by atoms with Crippen LogP contribution >= 0.6 is 0 Å². The van der Waals surface area contributed by atoms with E-state index in [0.29, 0.717) is 18.4 Å². The highest BCUT2D eigenvalue weighted by molar-refractivity contribution is 5.77. The molecular weight excluding hydrogens is 466 g/mol. The topological polar surface area (TPSA) is 142 Å². The SMILES string of the molecule is CCCC(=O)Oc1ccc(C(C(C)C(C)OC(=O)CC(C)(C)C)[C@H](N)C(=O)O)cc1OC(=O)CCC. The predicted molar refractivity (Wildman–Crippen MR) is 135 cm³/mol. The van der Waals surface area contributed by atoms with Gasteiger partial charge in [-0.1, -0.05) is 47.6 Å². The van der Waals surface area contributed by atoms with Crippen LogP contribution in [0.1, 0.15) is 92.1 Å². The summed E-state index contributed by atoms with van der Waals surface area (Å²) in [5.41, 5.74) is 6.27. The first-order valence-corrected chi connectivity index (χ1v) is 12.4. The largest absolute Gasteiger partial charge is 0.480 e. The Morgan fingerprint density at radius 1 is 0.917 bits per heavy atom. The third-order valence-electron chi connectivity index (χ3n) is 5.68. The number of carboxylic acids is 1. The second-order valence-electron chi connectivity index (χ2n) is 10.3. The van der Waals surface area contributed by atoms with Gasteiger partial charge in [-0.25, -0.2) is 0 Å². The molecule has 1 aromatic rings. The monoisotopic (exact) mass is 507 g/mol. The molecule has 9 heteroatoms. The van der Waals surface area contributed by atoms with Crippen molar-refractivity contribution in [2.24, 2.45) is 17.1 Å². The molecule has 0 fully saturated rings. The van der Waals surface area contributed by atoms with Gasteiger partial charge in [0.25, 0.3) is 0 Å². The van der Waals surface area contributed by atoms with Gasteiger partial charge in [0.15, 0.2) is 11.5 Å². The second-order valence-corrected chi connectivity index (χ2v) is 10.3. The zero-order chi connectivity index (χ0) is 27.6. The summed E-state index contributed by atoms with van der Waals surface area (Å²) in [4.78, 5) is 48.6. The lowest BCUT2D eigenvalue weighted by Gasteiger charge is -2.32. The molecule has 0 aliphatic rings. The molecule has 0 saturated heterocycles. The van der Waals surface area contributed by atoms with Crippen molar-refractivity contribution in [3.63, 3.8) is 0 Å². The Morgan fingerprint density at radius 2 is 1.44 bits per heavy atom. The lowest BCUT2D eigenvalue weighted by Crippen LogP contribution is -2.42. The van der Waals surface area contributed by atoms with Gasteiger partial charge in [-0.05, 0) is 42.9 Å². The molecule has 9 nitrogen and oxygen atoms in total. The van der Waals surface area contributed by atoms with E-state index in [1.54, 1.807) is 19.9 Å². The minimum absolute atomic E-state index is 0.00238. The fourth-order valence-corrected chi connectivity index (χ4v) is 3.72. The van der Waals surface area contributed by atoms with Crippen LogP contribution < -0.4 is 15.2 Å². The average Bonchev–Trinajstić information content (AvgIpc) is 2.74. The highest BCUT2D eigenvalue weighted by Crippen LogP contribution is 2.37. The number of hydrogen-bond acceptors (Lipinski definition) is 8. The lowest BCUT2D eigenvalue weighted by atomic mass is 9.79. The molecule has 1 rings (SSSR count). The highest BCUT2D eigenvalue weighted by Gasteiger charge is 2.36. The van der Waals surface area contributed by atoms with E-state index in [1.807, 2.05) is 34.6 Å². The number of carbonyl (C=O) groups is 4. The van der Waals surface area contributed by atoms with Crippen molar-refractivity contribution in [1.82, 2.24) is 0 Å². The van der Waals surface area contributed by atoms with Crippen LogP contribution in [0, 0.1) is 11.3 Å². The average molecular weight is 508 g/mol. The first-order chi connectivity index (χ1) is 16.7. The van der Waals surface area contributed by atoms with Crippen molar-refractivity contribution >= 4 is 23.9 Å². The van der Waals surface area contributed by atoms with Crippen molar-refractivity contribution < 1.29 is 38.5 Å². The van der Waals surface area contributed by atoms with Crippen LogP contribution in [0.5, 0.6) is 11.5 Å². The zero-order valence-electron chi connectivity index (χ0n) is 22.5. The van der Waals surface area contributed by atoms with E-state index >= 15 is 0 Å². The highest BCUT2D eigenvalue weighted by atomic mass is 16.6. The molecule has 0 bridgehead atoms. The van der Waals surface area contributed by atoms with Crippen LogP contribution in [0.15, 0.2) is 18.2 Å². The number of nitrogens with two attached hydrogens (primary N) is 1. The fourth-order valence-electron chi connectivity index (χ4n) is 3.72. The van der Waals surface area contributed by atoms with E-state index in [9.17, 15) is 24.3 Å². The number of carbonyl (C=O) groups excluding carboxylic acids is 3. The van der Waals surface area contributed by atoms with E-state index < -0.39 is 47.9 Å². The van der Waals surface area contributed by atoms with Crippen molar-refractivity contribution in [3.8, 4) is 11.5 Å². The summed E-state index contributed by atoms with van der Waals surface area (Å²) in [5.74, 6) is -3.87. The number of benzene rings is 1. The van der Waals surface area contributed by atoms with Crippen LogP contribution in [-0.2, 0) is 23.9 Å². The lowest BCUT2D eigenvalue weighted by molar-refractivity contribution is -0.153. The van der Waals surface area contributed by atoms with Gasteiger partial charge in [0.1, 0.15) is 12.1 Å². The van der Waals surface area contributed by atoms with Gasteiger partial charge in [0, 0.05) is 24.7 Å². The number of aliphatic carboxylic acids is 1. The standard InChI is InChI=1S/C27H41NO8/c1-8-10-21(29)35-19-13-12-18(14-20(19)36-22(30)11-9-2)24(25(28)26(32)33)16(3)17(4)34-23(31)15-27(5,6)7/h12-14,16-17,24-25H,8-11,15,28H2,1-7H3,(H,32,33)/t16?,17?,24?,25-/m0/s1. The summed E-state index contributed by atoms with van der Waals surface area (Å²) < 4.78 is 16.5. The molecule has 3 N–H and O–H groups in total. The first kappa shape index (κ1) is 31.1. The van der Waals surface area contributed by atoms with Gasteiger partial charge in [-0.2, -0.15) is 0 Å². The van der Waals surface area contributed by atoms with Crippen molar-refractivity contribution in [1.29, 1.82) is 0 Å². The van der Waals surface area contributed by atoms with Crippen LogP contribution in [0.4, 0.5) is 0 Å². The third kappa shape index (κ3) is 9.97. The fraction of sp³-hybridized carbons (Fsp3) is 0.630. The normalized spacial score (nSPS) is 14.8. The molecule has 0 saturated carbocycles. The summed E-state index contributed by atoms with van der Waals surface area (Å²) in [6.45, 7) is 12.9. The van der Waals surface area contributed by atoms with E-state index in [4.69, 9.17) is 19.9 Å². The summed E-state index contributed by atoms with van der Waals surface area (Å²) in [6, 6.07) is 3.17. The second kappa shape index (κ2) is 14.0. The summed E-state index contributed by atoms with van der Waals surface area (Å²) >= 11 is 0. The van der Waals surface area contributed by atoms with Gasteiger partial charge in [0.05, 0.1) is 6.42 Å². The number of carboxylic acid groups (broad SMARTS) is 1. The maximum Gasteiger partial charge on any atom is 0.321 e. The maximum atomic E-state index is 12.4. The van der Waals surface area contributed by atoms with Gasteiger partial charge < -0.3 is 25.1 Å². The minimum Gasteiger partial charge on any atom is -0.480 e. The molecule has 0 heterocycles. The van der Waals surface area contributed by atoms with Gasteiger partial charge in [-0.3, -0.25) is 19.2 Å². The molecule has 0 radical (unpaired) electrons. The Hall–Kier alpha value is -2.94. The van der Waals surface area contributed by atoms with Gasteiger partial charge in [0.2, 0.25) is 0 Å². The van der Waals surface area contributed by atoms with Crippen LogP contribution in [0.2, 0.25) is 0 Å². The Kier molecular flexibility index (Phi) is 12.1.